The van der Waals surface area contributed by atoms with E-state index in [0.29, 0.717) is 13.0 Å². The van der Waals surface area contributed by atoms with Crippen LogP contribution in [0.1, 0.15) is 110 Å². The Balaban J connectivity index is 0.000000287. The summed E-state index contributed by atoms with van der Waals surface area (Å²) in [6.07, 6.45) is 23.1. The number of unbranched alkanes of at least 4 members (excludes halogenated alkanes) is 2. The van der Waals surface area contributed by atoms with E-state index in [9.17, 15) is 23.0 Å². The van der Waals surface area contributed by atoms with E-state index in [4.69, 9.17) is 23.7 Å². The molecule has 4 aliphatic rings. The minimum absolute atomic E-state index is 0. The van der Waals surface area contributed by atoms with Gasteiger partial charge in [-0.2, -0.15) is 13.5 Å². The van der Waals surface area contributed by atoms with Crippen LogP contribution in [-0.2, 0) is 45.9 Å². The molecule has 20 heteroatoms. The number of carboxylic acid groups (broad SMARTS) is 1. The molecule has 422 valence electrons. The maximum atomic E-state index is 11.8. The number of carbonyl (C=O) groups is 1. The van der Waals surface area contributed by atoms with Crippen LogP contribution in [-0.4, -0.2) is 71.8 Å². The van der Waals surface area contributed by atoms with Crippen LogP contribution in [0, 0.1) is 10.2 Å². The van der Waals surface area contributed by atoms with Crippen LogP contribution in [0.4, 0.5) is 22.7 Å². The van der Waals surface area contributed by atoms with Gasteiger partial charge in [0.2, 0.25) is 11.4 Å². The van der Waals surface area contributed by atoms with Crippen LogP contribution in [0.2, 0.25) is 0 Å². The molecule has 0 spiro atoms. The van der Waals surface area contributed by atoms with E-state index in [2.05, 4.69) is 176 Å². The van der Waals surface area contributed by atoms with Gasteiger partial charge in [-0.3, -0.25) is 9.83 Å². The molecule has 0 atom stereocenters. The number of halogens is 1. The van der Waals surface area contributed by atoms with Crippen molar-refractivity contribution in [2.24, 2.45) is 0 Å². The van der Waals surface area contributed by atoms with Gasteiger partial charge in [0.05, 0.1) is 27.8 Å². The molecule has 8 rings (SSSR count). The zero-order valence-corrected chi connectivity index (χ0v) is 53.0. The van der Waals surface area contributed by atoms with Gasteiger partial charge in [-0.25, -0.2) is 27.1 Å². The molecule has 4 aromatic carbocycles. The topological polar surface area (TPSA) is 241 Å². The van der Waals surface area contributed by atoms with E-state index < -0.39 is 31.7 Å². The van der Waals surface area contributed by atoms with Crippen LogP contribution >= 0.6 is 12.0 Å². The monoisotopic (exact) mass is 1180 g/mol. The number of rotatable bonds is 17. The molecule has 0 radical (unpaired) electrons. The molecule has 4 aliphatic heterocycles. The Bertz CT molecular complexity index is 3290. The molecule has 0 amide bonds. The number of aliphatic carboxylic acids is 1. The number of carboxylic acids is 1. The number of nitrogens with zero attached hydrogens (tertiary/aromatic N) is 4. The van der Waals surface area contributed by atoms with Gasteiger partial charge in [0.25, 0.3) is 0 Å². The van der Waals surface area contributed by atoms with Crippen molar-refractivity contribution in [1.29, 1.82) is 0 Å². The molecule has 4 aromatic rings. The van der Waals surface area contributed by atoms with Crippen molar-refractivity contribution in [2.45, 2.75) is 119 Å². The third kappa shape index (κ3) is 15.2. The predicted molar refractivity (Wildman–Crippen MR) is 295 cm³/mol. The molecule has 0 bridgehead atoms. The van der Waals surface area contributed by atoms with Crippen LogP contribution in [0.3, 0.4) is 0 Å². The number of anilines is 2. The predicted octanol–water partition coefficient (Wildman–Crippen LogP) is 4.02. The number of fused-ring (bicyclic) bond motifs is 4. The Hall–Kier alpha value is -4.36. The molecule has 0 saturated carbocycles. The number of likely N-dealkylation sites (N-methyl/N-ethyl adjacent to an activating group) is 2. The van der Waals surface area contributed by atoms with Gasteiger partial charge >= 0.3 is 57.4 Å². The third-order valence-corrected chi connectivity index (χ3v) is 16.5. The molecule has 0 saturated heterocycles. The summed E-state index contributed by atoms with van der Waals surface area (Å²) in [5.74, 6) is -0.817. The van der Waals surface area contributed by atoms with E-state index in [1.807, 2.05) is 56.4 Å². The summed E-state index contributed by atoms with van der Waals surface area (Å²) >= 11 is 0.868. The van der Waals surface area contributed by atoms with Gasteiger partial charge in [-0.1, -0.05) is 101 Å². The second-order valence-corrected chi connectivity index (χ2v) is 24.4. The second kappa shape index (κ2) is 27.4. The Labute approximate surface area is 520 Å². The molecular weight excluding hydrogens is 1110 g/mol. The first-order valence-corrected chi connectivity index (χ1v) is 29.2. The first-order chi connectivity index (χ1) is 37.0. The molecule has 0 fully saturated rings. The fourth-order valence-electron chi connectivity index (χ4n) is 11.2. The van der Waals surface area contributed by atoms with Crippen molar-refractivity contribution in [3.05, 3.63) is 179 Å². The largest absolute Gasteiger partial charge is 1.00 e. The number of allylic oxidation sites excluding steroid dienone is 12. The van der Waals surface area contributed by atoms with Gasteiger partial charge < -0.3 is 24.7 Å². The first kappa shape index (κ1) is 66.4. The summed E-state index contributed by atoms with van der Waals surface area (Å²) in [6.45, 7) is 21.0. The van der Waals surface area contributed by atoms with Crippen molar-refractivity contribution in [3.8, 4) is 0 Å². The summed E-state index contributed by atoms with van der Waals surface area (Å²) in [7, 11) is -5.24. The van der Waals surface area contributed by atoms with Crippen molar-refractivity contribution >= 4 is 62.3 Å². The maximum absolute atomic E-state index is 11.8. The first-order valence-electron chi connectivity index (χ1n) is 25.8. The Morgan fingerprint density at radius 2 is 1.26 bits per heavy atom. The standard InChI is InChI=1S/C33H40N2O8S2.C27H31N2.ClHO4.K/c1-6-34-27-18-16-23(44-43-42-38)21-25(27)32(2,3)29(34)13-9-7-10-14-30-33(4,5)26-22-24(45(39,40)41)17-19-28(26)35(30)20-12-8-11-15-31(36)37;1-26(2)20-14-10-12-16-22(20)28(5)24(26)18-8-7-9-19-25-27(3,4)21-15-11-13-17-23(21)29(25)6;2-1(3,4)5;/h7,9-10,13-14,16-19,21-22H,6,8,11-12,15,20H2,1-5H3,(H2-,36,37,38,39,40,41);7-19H,1-6H3;(H,2,3,4,5);/q;+1;;+1/p-2. The number of benzene rings is 4. The normalized spacial score (nSPS) is 18.5. The summed E-state index contributed by atoms with van der Waals surface area (Å²) in [5.41, 5.74) is 13.0. The average Bonchev–Trinajstić information content (AvgIpc) is 3.99. The van der Waals surface area contributed by atoms with Crippen LogP contribution in [0.15, 0.2) is 167 Å². The van der Waals surface area contributed by atoms with Crippen LogP contribution in [0.5, 0.6) is 0 Å². The molecule has 1 N–H and O–H groups in total. The Morgan fingerprint density at radius 3 is 1.85 bits per heavy atom. The molecule has 0 unspecified atom stereocenters. The molecule has 0 aliphatic carbocycles. The minimum Gasteiger partial charge on any atom is -0.744 e. The second-order valence-electron chi connectivity index (χ2n) is 21.5. The number of para-hydroxylation sites is 2. The molecule has 80 heavy (non-hydrogen) atoms. The summed E-state index contributed by atoms with van der Waals surface area (Å²) in [5, 5.41) is 22.8. The van der Waals surface area contributed by atoms with Gasteiger partial charge in [0.15, 0.2) is 11.4 Å². The fraction of sp³-hybridized carbons (Fsp3) is 0.350. The van der Waals surface area contributed by atoms with Crippen molar-refractivity contribution in [1.82, 2.24) is 0 Å². The number of hydrogen-bond acceptors (Lipinski definition) is 14. The van der Waals surface area contributed by atoms with E-state index in [-0.39, 0.29) is 78.9 Å². The van der Waals surface area contributed by atoms with Crippen molar-refractivity contribution in [2.75, 3.05) is 37.0 Å². The van der Waals surface area contributed by atoms with E-state index >= 15 is 0 Å². The van der Waals surface area contributed by atoms with Gasteiger partial charge in [-0.15, -0.1) is 10.2 Å². The van der Waals surface area contributed by atoms with Gasteiger partial charge in [0, 0.05) is 100 Å². The number of hydrogen-bond donors (Lipinski definition) is 1. The zero-order chi connectivity index (χ0) is 58.3. The molecular formula is C60H70ClKN4O12S2. The van der Waals surface area contributed by atoms with Crippen molar-refractivity contribution < 1.29 is 127 Å². The molecule has 0 aromatic heterocycles. The maximum Gasteiger partial charge on any atom is 1.00 e. The Morgan fingerprint density at radius 1 is 0.688 bits per heavy atom. The zero-order valence-electron chi connectivity index (χ0n) is 47.5. The smallest absolute Gasteiger partial charge is 0.744 e. The van der Waals surface area contributed by atoms with Gasteiger partial charge in [-0.05, 0) is 107 Å². The van der Waals surface area contributed by atoms with Gasteiger partial charge in [0.1, 0.15) is 23.7 Å². The average molecular weight is 1180 g/mol. The van der Waals surface area contributed by atoms with Crippen LogP contribution in [0.25, 0.3) is 0 Å². The summed E-state index contributed by atoms with van der Waals surface area (Å²) in [6, 6.07) is 27.8. The van der Waals surface area contributed by atoms with Crippen LogP contribution < -0.4 is 85.1 Å². The van der Waals surface area contributed by atoms with E-state index in [1.165, 1.54) is 46.0 Å². The molecule has 4 heterocycles. The fourth-order valence-corrected chi connectivity index (χ4v) is 12.1. The van der Waals surface area contributed by atoms with E-state index in [0.717, 1.165) is 70.2 Å². The molecule has 16 nitrogen and oxygen atoms in total. The summed E-state index contributed by atoms with van der Waals surface area (Å²) in [4.78, 5) is 16.0. The SMILES string of the molecule is CCN1C(=CC=CC=CC2=[N+](CCCCCC(=O)O)c3ccc(S(=O)(=O)[O-])cc3C2(C)C)C(C)(C)c2cc(SOO[O-])ccc21.CN1/C(=C/C=C/C=C/C2=[N+](C)c3ccccc3C2(C)C)C(C)(C)c2ccccc21.[K+].[O-][Cl+3]([O-])([O-])[O-]. The summed E-state index contributed by atoms with van der Waals surface area (Å²) < 4.78 is 78.3. The van der Waals surface area contributed by atoms with Crippen molar-refractivity contribution in [3.63, 3.8) is 0 Å². The third-order valence-electron chi connectivity index (χ3n) is 15.1. The van der Waals surface area contributed by atoms with E-state index in [1.54, 1.807) is 6.07 Å². The minimum atomic E-state index is -4.94. The Kier molecular flexibility index (Phi) is 22.7. The quantitative estimate of drug-likeness (QED) is 0.0230.